The highest BCUT2D eigenvalue weighted by Gasteiger charge is 2.33. The third-order valence-corrected chi connectivity index (χ3v) is 5.37. The zero-order valence-electron chi connectivity index (χ0n) is 14.1. The SMILES string of the molecule is Cc1ccc(COC(=O)c2ccc(CN3CC(=O)NS3(=O)=O)cc2)cc1. The molecule has 0 bridgehead atoms. The zero-order valence-corrected chi connectivity index (χ0v) is 15.0. The second-order valence-electron chi connectivity index (χ2n) is 6.06. The van der Waals surface area contributed by atoms with E-state index in [1.54, 1.807) is 24.3 Å². The Bertz CT molecular complexity index is 921. The lowest BCUT2D eigenvalue weighted by Gasteiger charge is -2.12. The van der Waals surface area contributed by atoms with Gasteiger partial charge < -0.3 is 4.74 Å². The number of benzene rings is 2. The molecule has 0 atom stereocenters. The number of hydrogen-bond donors (Lipinski definition) is 1. The van der Waals surface area contributed by atoms with E-state index in [4.69, 9.17) is 4.74 Å². The van der Waals surface area contributed by atoms with Gasteiger partial charge in [-0.15, -0.1) is 0 Å². The van der Waals surface area contributed by atoms with Crippen LogP contribution in [0.2, 0.25) is 0 Å². The van der Waals surface area contributed by atoms with Crippen molar-refractivity contribution < 1.29 is 22.7 Å². The molecular weight excluding hydrogens is 356 g/mol. The van der Waals surface area contributed by atoms with Crippen LogP contribution in [0.4, 0.5) is 0 Å². The number of esters is 1. The minimum Gasteiger partial charge on any atom is -0.457 e. The van der Waals surface area contributed by atoms with Gasteiger partial charge >= 0.3 is 16.2 Å². The van der Waals surface area contributed by atoms with Gasteiger partial charge in [0.05, 0.1) is 12.1 Å². The van der Waals surface area contributed by atoms with Crippen LogP contribution in [0.1, 0.15) is 27.0 Å². The largest absolute Gasteiger partial charge is 0.457 e. The van der Waals surface area contributed by atoms with Crippen LogP contribution in [0.3, 0.4) is 0 Å². The van der Waals surface area contributed by atoms with Crippen LogP contribution >= 0.6 is 0 Å². The number of ether oxygens (including phenoxy) is 1. The molecular formula is C18H18N2O5S. The summed E-state index contributed by atoms with van der Waals surface area (Å²) in [4.78, 5) is 23.3. The topological polar surface area (TPSA) is 92.8 Å². The van der Waals surface area contributed by atoms with Gasteiger partial charge in [0.15, 0.2) is 0 Å². The van der Waals surface area contributed by atoms with Gasteiger partial charge in [0.2, 0.25) is 5.91 Å². The summed E-state index contributed by atoms with van der Waals surface area (Å²) >= 11 is 0. The molecule has 26 heavy (non-hydrogen) atoms. The molecule has 1 fully saturated rings. The first-order valence-electron chi connectivity index (χ1n) is 7.96. The van der Waals surface area contributed by atoms with Crippen LogP contribution in [0.15, 0.2) is 48.5 Å². The predicted octanol–water partition coefficient (Wildman–Crippen LogP) is 1.53. The Morgan fingerprint density at radius 1 is 1.08 bits per heavy atom. The van der Waals surface area contributed by atoms with E-state index in [9.17, 15) is 18.0 Å². The first-order chi connectivity index (χ1) is 12.3. The third kappa shape index (κ3) is 4.27. The van der Waals surface area contributed by atoms with Crippen molar-refractivity contribution in [1.29, 1.82) is 0 Å². The summed E-state index contributed by atoms with van der Waals surface area (Å²) in [6.07, 6.45) is 0. The van der Waals surface area contributed by atoms with Gasteiger partial charge in [0, 0.05) is 6.54 Å². The summed E-state index contributed by atoms with van der Waals surface area (Å²) in [5.74, 6) is -1.01. The fourth-order valence-electron chi connectivity index (χ4n) is 2.49. The van der Waals surface area contributed by atoms with Crippen LogP contribution in [-0.4, -0.2) is 31.1 Å². The molecule has 1 saturated heterocycles. The molecule has 0 saturated carbocycles. The van der Waals surface area contributed by atoms with Crippen LogP contribution < -0.4 is 4.72 Å². The van der Waals surface area contributed by atoms with Gasteiger partial charge in [-0.3, -0.25) is 4.79 Å². The highest BCUT2D eigenvalue weighted by atomic mass is 32.2. The molecule has 1 amide bonds. The average molecular weight is 374 g/mol. The van der Waals surface area contributed by atoms with Crippen molar-refractivity contribution in [3.05, 3.63) is 70.8 Å². The van der Waals surface area contributed by atoms with Crippen LogP contribution in [0.5, 0.6) is 0 Å². The summed E-state index contributed by atoms with van der Waals surface area (Å²) in [6, 6.07) is 14.1. The Morgan fingerprint density at radius 2 is 1.69 bits per heavy atom. The van der Waals surface area contributed by atoms with Gasteiger partial charge in [0.25, 0.3) is 0 Å². The average Bonchev–Trinajstić information content (AvgIpc) is 2.86. The fraction of sp³-hybridized carbons (Fsp3) is 0.222. The number of hydrogen-bond acceptors (Lipinski definition) is 5. The van der Waals surface area contributed by atoms with E-state index < -0.39 is 22.1 Å². The lowest BCUT2D eigenvalue weighted by molar-refractivity contribution is -0.118. The van der Waals surface area contributed by atoms with Gasteiger partial charge in [-0.2, -0.15) is 12.7 Å². The third-order valence-electron chi connectivity index (χ3n) is 3.94. The molecule has 1 aliphatic rings. The molecule has 0 aromatic heterocycles. The molecule has 2 aromatic carbocycles. The highest BCUT2D eigenvalue weighted by molar-refractivity contribution is 7.88. The fourth-order valence-corrected chi connectivity index (χ4v) is 3.58. The second kappa shape index (κ2) is 7.27. The monoisotopic (exact) mass is 374 g/mol. The first kappa shape index (κ1) is 18.1. The normalized spacial score (nSPS) is 16.3. The van der Waals surface area contributed by atoms with E-state index in [0.717, 1.165) is 15.4 Å². The minimum absolute atomic E-state index is 0.0553. The zero-order chi connectivity index (χ0) is 18.7. The van der Waals surface area contributed by atoms with Crippen molar-refractivity contribution in [2.45, 2.75) is 20.1 Å². The molecule has 1 N–H and O–H groups in total. The summed E-state index contributed by atoms with van der Waals surface area (Å²) in [7, 11) is -3.76. The summed E-state index contributed by atoms with van der Waals surface area (Å²) in [5, 5.41) is 0. The van der Waals surface area contributed by atoms with Crippen molar-refractivity contribution >= 4 is 22.1 Å². The molecule has 1 heterocycles. The Kier molecular flexibility index (Phi) is 5.06. The van der Waals surface area contributed by atoms with E-state index in [2.05, 4.69) is 0 Å². The lowest BCUT2D eigenvalue weighted by Crippen LogP contribution is -2.29. The molecule has 0 aliphatic carbocycles. The molecule has 0 radical (unpaired) electrons. The highest BCUT2D eigenvalue weighted by Crippen LogP contribution is 2.14. The van der Waals surface area contributed by atoms with Crippen molar-refractivity contribution in [2.75, 3.05) is 6.54 Å². The number of carbonyl (C=O) groups is 2. The smallest absolute Gasteiger partial charge is 0.338 e. The Labute approximate surface area is 151 Å². The van der Waals surface area contributed by atoms with Crippen molar-refractivity contribution in [1.82, 2.24) is 9.03 Å². The van der Waals surface area contributed by atoms with Gasteiger partial charge in [-0.05, 0) is 30.2 Å². The van der Waals surface area contributed by atoms with Gasteiger partial charge in [-0.25, -0.2) is 9.52 Å². The quantitative estimate of drug-likeness (QED) is 0.801. The molecule has 0 spiro atoms. The van der Waals surface area contributed by atoms with Crippen molar-refractivity contribution in [3.63, 3.8) is 0 Å². The summed E-state index contributed by atoms with van der Waals surface area (Å²) < 4.78 is 31.7. The first-order valence-corrected chi connectivity index (χ1v) is 9.40. The molecule has 2 aromatic rings. The standard InChI is InChI=1S/C18H18N2O5S/c1-13-2-4-15(5-3-13)12-25-18(22)16-8-6-14(7-9-16)10-20-11-17(21)19-26(20,23)24/h2-9H,10-12H2,1H3,(H,19,21). The number of nitrogens with zero attached hydrogens (tertiary/aromatic N) is 1. The maximum Gasteiger partial charge on any atom is 0.338 e. The second-order valence-corrected chi connectivity index (χ2v) is 7.73. The maximum atomic E-state index is 12.1. The van der Waals surface area contributed by atoms with Crippen LogP contribution in [0.25, 0.3) is 0 Å². The number of nitrogens with one attached hydrogen (secondary N) is 1. The Balaban J connectivity index is 1.59. The maximum absolute atomic E-state index is 12.1. The Hall–Kier alpha value is -2.71. The number of rotatable bonds is 5. The molecule has 8 heteroatoms. The minimum atomic E-state index is -3.76. The molecule has 1 aliphatic heterocycles. The predicted molar refractivity (Wildman–Crippen MR) is 94.2 cm³/mol. The van der Waals surface area contributed by atoms with Crippen molar-refractivity contribution in [3.8, 4) is 0 Å². The van der Waals surface area contributed by atoms with E-state index in [1.165, 1.54) is 0 Å². The van der Waals surface area contributed by atoms with E-state index >= 15 is 0 Å². The van der Waals surface area contributed by atoms with Gasteiger partial charge in [0.1, 0.15) is 6.61 Å². The molecule has 3 rings (SSSR count). The Morgan fingerprint density at radius 3 is 2.27 bits per heavy atom. The molecule has 136 valence electrons. The molecule has 0 unspecified atom stereocenters. The lowest BCUT2D eigenvalue weighted by atomic mass is 10.1. The van der Waals surface area contributed by atoms with Crippen LogP contribution in [0, 0.1) is 6.92 Å². The summed E-state index contributed by atoms with van der Waals surface area (Å²) in [6.45, 7) is 2.01. The number of carbonyl (C=O) groups excluding carboxylic acids is 2. The van der Waals surface area contributed by atoms with E-state index in [0.29, 0.717) is 11.1 Å². The number of amides is 1. The van der Waals surface area contributed by atoms with E-state index in [1.807, 2.05) is 35.9 Å². The van der Waals surface area contributed by atoms with E-state index in [-0.39, 0.29) is 19.7 Å². The summed E-state index contributed by atoms with van der Waals surface area (Å²) in [5.41, 5.74) is 3.07. The number of aryl methyl sites for hydroxylation is 1. The van der Waals surface area contributed by atoms with Crippen LogP contribution in [-0.2, 0) is 32.9 Å². The molecule has 7 nitrogen and oxygen atoms in total. The van der Waals surface area contributed by atoms with Gasteiger partial charge in [-0.1, -0.05) is 42.0 Å². The van der Waals surface area contributed by atoms with Crippen molar-refractivity contribution in [2.24, 2.45) is 0 Å².